The summed E-state index contributed by atoms with van der Waals surface area (Å²) >= 11 is 0. The predicted molar refractivity (Wildman–Crippen MR) is 50.9 cm³/mol. The first-order valence-electron chi connectivity index (χ1n) is 5.05. The highest BCUT2D eigenvalue weighted by Crippen LogP contribution is 2.36. The molecule has 1 unspecified atom stereocenters. The van der Waals surface area contributed by atoms with Crippen molar-refractivity contribution < 1.29 is 24.3 Å². The van der Waals surface area contributed by atoms with Gasteiger partial charge in [-0.25, -0.2) is 4.79 Å². The maximum Gasteiger partial charge on any atom is 0.363 e. The fraction of sp³-hybridized carbons (Fsp3) is 0.800. The van der Waals surface area contributed by atoms with E-state index in [2.05, 4.69) is 0 Å². The van der Waals surface area contributed by atoms with Crippen molar-refractivity contribution in [2.45, 2.75) is 45.2 Å². The number of carbonyl (C=O) groups is 2. The summed E-state index contributed by atoms with van der Waals surface area (Å²) in [5, 5.41) is 20.3. The van der Waals surface area contributed by atoms with Gasteiger partial charge < -0.3 is 15.0 Å². The number of aliphatic carboxylic acids is 1. The molecule has 0 spiro atoms. The van der Waals surface area contributed by atoms with Gasteiger partial charge in [0.15, 0.2) is 6.04 Å². The molecule has 5 nitrogen and oxygen atoms in total. The largest absolute Gasteiger partial charge is 0.498 e. The molecule has 1 heterocycles. The molecule has 0 saturated carbocycles. The Kier molecular flexibility index (Phi) is 2.78. The van der Waals surface area contributed by atoms with E-state index in [9.17, 15) is 14.7 Å². The number of carbonyl (C=O) groups excluding carboxylic acids is 1. The van der Waals surface area contributed by atoms with Crippen molar-refractivity contribution in [2.24, 2.45) is 0 Å². The molecular weight excluding hydrogens is 198 g/mol. The van der Waals surface area contributed by atoms with Gasteiger partial charge >= 0.3 is 5.97 Å². The van der Waals surface area contributed by atoms with E-state index in [1.165, 1.54) is 0 Å². The topological polar surface area (TPSA) is 77.4 Å². The molecule has 1 N–H and O–H groups in total. The van der Waals surface area contributed by atoms with Crippen molar-refractivity contribution in [3.8, 4) is 0 Å². The number of carboxylic acid groups (broad SMARTS) is 2. The van der Waals surface area contributed by atoms with Gasteiger partial charge in [0.05, 0.1) is 12.1 Å². The summed E-state index contributed by atoms with van der Waals surface area (Å²) in [6.07, 6.45) is -0.268. The van der Waals surface area contributed by atoms with Crippen molar-refractivity contribution in [3.05, 3.63) is 0 Å². The van der Waals surface area contributed by atoms with Crippen LogP contribution in [0.15, 0.2) is 0 Å². The van der Waals surface area contributed by atoms with E-state index in [0.29, 0.717) is 19.4 Å². The van der Waals surface area contributed by atoms with Gasteiger partial charge in [-0.05, 0) is 20.8 Å². The van der Waals surface area contributed by atoms with Gasteiger partial charge in [-0.2, -0.15) is 0 Å². The molecule has 0 radical (unpaired) electrons. The zero-order valence-corrected chi connectivity index (χ0v) is 9.32. The fourth-order valence-corrected chi connectivity index (χ4v) is 2.52. The summed E-state index contributed by atoms with van der Waals surface area (Å²) < 4.78 is -0.470. The van der Waals surface area contributed by atoms with E-state index < -0.39 is 28.1 Å². The van der Waals surface area contributed by atoms with Gasteiger partial charge in [0, 0.05) is 12.8 Å². The zero-order chi connectivity index (χ0) is 11.9. The van der Waals surface area contributed by atoms with Gasteiger partial charge in [-0.15, -0.1) is 0 Å². The molecule has 1 amide bonds. The first kappa shape index (κ1) is 12.0. The van der Waals surface area contributed by atoms with Crippen molar-refractivity contribution in [1.82, 2.24) is 0 Å². The van der Waals surface area contributed by atoms with E-state index in [1.807, 2.05) is 0 Å². The minimum absolute atomic E-state index is 0.336. The average molecular weight is 215 g/mol. The SMILES string of the molecule is CC(C)(C)[N@@+]1(C(=O)[O-])CCCC1C(=O)O. The maximum atomic E-state index is 11.3. The monoisotopic (exact) mass is 215 g/mol. The molecular formula is C10H17NO4. The van der Waals surface area contributed by atoms with Crippen LogP contribution in [-0.2, 0) is 4.79 Å². The van der Waals surface area contributed by atoms with Crippen molar-refractivity contribution >= 4 is 12.1 Å². The van der Waals surface area contributed by atoms with Crippen LogP contribution in [0.4, 0.5) is 4.79 Å². The Balaban J connectivity index is 3.22. The van der Waals surface area contributed by atoms with Gasteiger partial charge in [0.25, 0.3) is 6.09 Å². The summed E-state index contributed by atoms with van der Waals surface area (Å²) in [5.41, 5.74) is -0.654. The summed E-state index contributed by atoms with van der Waals surface area (Å²) in [6, 6.07) is -0.880. The van der Waals surface area contributed by atoms with Crippen LogP contribution in [0.5, 0.6) is 0 Å². The minimum atomic E-state index is -1.28. The molecule has 1 aliphatic rings. The highest BCUT2D eigenvalue weighted by molar-refractivity contribution is 5.75. The van der Waals surface area contributed by atoms with Crippen LogP contribution in [0.2, 0.25) is 0 Å². The number of likely N-dealkylation sites (tertiary alicyclic amines) is 1. The number of hydrogen-bond acceptors (Lipinski definition) is 3. The number of carboxylic acids is 1. The van der Waals surface area contributed by atoms with Crippen LogP contribution in [0, 0.1) is 0 Å². The predicted octanol–water partition coefficient (Wildman–Crippen LogP) is 0.192. The Morgan fingerprint density at radius 1 is 1.40 bits per heavy atom. The number of amides is 1. The number of rotatable bonds is 1. The molecule has 0 bridgehead atoms. The highest BCUT2D eigenvalue weighted by atomic mass is 16.4. The molecule has 86 valence electrons. The summed E-state index contributed by atoms with van der Waals surface area (Å²) in [6.45, 7) is 5.56. The number of quaternary nitrogens is 1. The van der Waals surface area contributed by atoms with Crippen LogP contribution < -0.4 is 5.11 Å². The van der Waals surface area contributed by atoms with E-state index in [1.54, 1.807) is 20.8 Å². The lowest BCUT2D eigenvalue weighted by Crippen LogP contribution is -2.71. The van der Waals surface area contributed by atoms with Crippen LogP contribution in [0.3, 0.4) is 0 Å². The number of nitrogens with zero attached hydrogens (tertiary/aromatic N) is 1. The standard InChI is InChI=1S/C10H17NO4/c1-10(2,3)11(9(14)15)6-4-5-7(11)8(12)13/h7H,4-6H2,1-3H3,(H-,12,13,14,15)/t7?,11-/m0/s1. The molecule has 1 aliphatic heterocycles. The van der Waals surface area contributed by atoms with E-state index in [4.69, 9.17) is 5.11 Å². The zero-order valence-electron chi connectivity index (χ0n) is 9.32. The second-order valence-electron chi connectivity index (χ2n) is 5.03. The third-order valence-electron chi connectivity index (χ3n) is 3.33. The van der Waals surface area contributed by atoms with Crippen molar-refractivity contribution in [3.63, 3.8) is 0 Å². The first-order valence-corrected chi connectivity index (χ1v) is 5.05. The van der Waals surface area contributed by atoms with Gasteiger partial charge in [-0.3, -0.25) is 4.48 Å². The van der Waals surface area contributed by atoms with Gasteiger partial charge in [0.1, 0.15) is 0 Å². The molecule has 5 heteroatoms. The third kappa shape index (κ3) is 1.61. The normalized spacial score (nSPS) is 31.5. The summed E-state index contributed by atoms with van der Waals surface area (Å²) in [7, 11) is 0. The molecule has 1 saturated heterocycles. The van der Waals surface area contributed by atoms with Crippen LogP contribution >= 0.6 is 0 Å². The third-order valence-corrected chi connectivity index (χ3v) is 3.33. The molecule has 1 fully saturated rings. The smallest absolute Gasteiger partial charge is 0.363 e. The molecule has 0 aromatic rings. The lowest BCUT2D eigenvalue weighted by atomic mass is 10.00. The molecule has 1 rings (SSSR count). The first-order chi connectivity index (χ1) is 6.73. The highest BCUT2D eigenvalue weighted by Gasteiger charge is 2.55. The molecule has 0 aliphatic carbocycles. The summed E-state index contributed by atoms with van der Waals surface area (Å²) in [5.74, 6) is -1.05. The lowest BCUT2D eigenvalue weighted by molar-refractivity contribution is -0.922. The lowest BCUT2D eigenvalue weighted by Gasteiger charge is -2.47. The summed E-state index contributed by atoms with van der Waals surface area (Å²) in [4.78, 5) is 22.3. The van der Waals surface area contributed by atoms with Crippen LogP contribution in [0.1, 0.15) is 33.6 Å². The van der Waals surface area contributed by atoms with Gasteiger partial charge in [-0.1, -0.05) is 0 Å². The van der Waals surface area contributed by atoms with E-state index >= 15 is 0 Å². The van der Waals surface area contributed by atoms with Gasteiger partial charge in [0.2, 0.25) is 0 Å². The van der Waals surface area contributed by atoms with Crippen molar-refractivity contribution in [1.29, 1.82) is 0 Å². The van der Waals surface area contributed by atoms with Crippen LogP contribution in [0.25, 0.3) is 0 Å². The Labute approximate surface area is 88.9 Å². The van der Waals surface area contributed by atoms with Crippen LogP contribution in [-0.4, -0.2) is 39.8 Å². The molecule has 0 aromatic carbocycles. The second-order valence-corrected chi connectivity index (χ2v) is 5.03. The minimum Gasteiger partial charge on any atom is -0.498 e. The Morgan fingerprint density at radius 3 is 2.20 bits per heavy atom. The Morgan fingerprint density at radius 2 is 1.93 bits per heavy atom. The van der Waals surface area contributed by atoms with E-state index in [0.717, 1.165) is 0 Å². The van der Waals surface area contributed by atoms with Crippen molar-refractivity contribution in [2.75, 3.05) is 6.54 Å². The quantitative estimate of drug-likeness (QED) is 0.633. The maximum absolute atomic E-state index is 11.3. The molecule has 2 atom stereocenters. The Hall–Kier alpha value is -1.10. The number of hydrogen-bond donors (Lipinski definition) is 1. The fourth-order valence-electron chi connectivity index (χ4n) is 2.52. The second kappa shape index (κ2) is 3.48. The molecule has 15 heavy (non-hydrogen) atoms. The molecule has 0 aromatic heterocycles. The average Bonchev–Trinajstić information content (AvgIpc) is 2.45. The Bertz CT molecular complexity index is 294. The van der Waals surface area contributed by atoms with E-state index in [-0.39, 0.29) is 0 Å².